The van der Waals surface area contributed by atoms with Gasteiger partial charge in [-0.15, -0.1) is 11.3 Å². The monoisotopic (exact) mass is 307 g/mol. The van der Waals surface area contributed by atoms with Gasteiger partial charge < -0.3 is 0 Å². The van der Waals surface area contributed by atoms with Gasteiger partial charge in [0.15, 0.2) is 5.01 Å². The maximum absolute atomic E-state index is 11.6. The van der Waals surface area contributed by atoms with Gasteiger partial charge in [0.1, 0.15) is 0 Å². The van der Waals surface area contributed by atoms with Crippen LogP contribution in [-0.4, -0.2) is 10.9 Å². The molecule has 0 aliphatic heterocycles. The Morgan fingerprint density at radius 3 is 2.82 bits per heavy atom. The van der Waals surface area contributed by atoms with E-state index in [4.69, 9.17) is 5.84 Å². The molecule has 2 aromatic carbocycles. The molecular weight excluding hydrogens is 294 g/mol. The zero-order valence-corrected chi connectivity index (χ0v) is 12.7. The fourth-order valence-corrected chi connectivity index (χ4v) is 2.85. The Morgan fingerprint density at radius 2 is 2.05 bits per heavy atom. The van der Waals surface area contributed by atoms with Gasteiger partial charge in [0.05, 0.1) is 10.2 Å². The summed E-state index contributed by atoms with van der Waals surface area (Å²) in [6.07, 6.45) is 0. The second-order valence-electron chi connectivity index (χ2n) is 4.74. The highest BCUT2D eigenvalue weighted by Gasteiger charge is 2.05. The number of benzene rings is 2. The molecule has 4 nitrogen and oxygen atoms in total. The fourth-order valence-electron chi connectivity index (χ4n) is 2.03. The molecule has 108 valence electrons. The minimum absolute atomic E-state index is 0.331. The minimum Gasteiger partial charge on any atom is -0.290 e. The second kappa shape index (κ2) is 5.98. The van der Waals surface area contributed by atoms with Crippen LogP contribution in [0.5, 0.6) is 0 Å². The maximum atomic E-state index is 11.6. The zero-order chi connectivity index (χ0) is 15.5. The number of fused-ring (bicyclic) bond motifs is 1. The molecule has 0 spiro atoms. The summed E-state index contributed by atoms with van der Waals surface area (Å²) in [5, 5.41) is 0.759. The first-order chi connectivity index (χ1) is 10.7. The van der Waals surface area contributed by atoms with Gasteiger partial charge in [0.2, 0.25) is 0 Å². The SMILES string of the molecule is Cc1ccc(C(=O)NN)cc1C#Cc1nc2ccccc2s1. The fraction of sp³-hybridized carbons (Fsp3) is 0.0588. The summed E-state index contributed by atoms with van der Waals surface area (Å²) in [4.78, 5) is 16.1. The number of carbonyl (C=O) groups is 1. The summed E-state index contributed by atoms with van der Waals surface area (Å²) < 4.78 is 1.11. The number of hydrogen-bond donors (Lipinski definition) is 2. The molecule has 0 saturated carbocycles. The van der Waals surface area contributed by atoms with Crippen LogP contribution in [0.2, 0.25) is 0 Å². The van der Waals surface area contributed by atoms with Gasteiger partial charge in [-0.2, -0.15) is 0 Å². The van der Waals surface area contributed by atoms with Gasteiger partial charge in [0, 0.05) is 11.1 Å². The molecule has 22 heavy (non-hydrogen) atoms. The van der Waals surface area contributed by atoms with Gasteiger partial charge in [-0.25, -0.2) is 10.8 Å². The predicted octanol–water partition coefficient (Wildman–Crippen LogP) is 2.61. The van der Waals surface area contributed by atoms with Crippen molar-refractivity contribution in [2.75, 3.05) is 0 Å². The molecular formula is C17H13N3OS. The average Bonchev–Trinajstić information content (AvgIpc) is 2.96. The number of rotatable bonds is 1. The van der Waals surface area contributed by atoms with Crippen LogP contribution in [-0.2, 0) is 0 Å². The van der Waals surface area contributed by atoms with Crippen LogP contribution in [0.15, 0.2) is 42.5 Å². The lowest BCUT2D eigenvalue weighted by atomic mass is 10.1. The van der Waals surface area contributed by atoms with Gasteiger partial charge >= 0.3 is 0 Å². The van der Waals surface area contributed by atoms with E-state index in [-0.39, 0.29) is 5.91 Å². The van der Waals surface area contributed by atoms with E-state index in [1.165, 1.54) is 0 Å². The number of amides is 1. The van der Waals surface area contributed by atoms with E-state index in [9.17, 15) is 4.79 Å². The van der Waals surface area contributed by atoms with Crippen LogP contribution in [0.25, 0.3) is 10.2 Å². The van der Waals surface area contributed by atoms with Crippen molar-refractivity contribution < 1.29 is 4.79 Å². The van der Waals surface area contributed by atoms with E-state index >= 15 is 0 Å². The largest absolute Gasteiger partial charge is 0.290 e. The summed E-state index contributed by atoms with van der Waals surface area (Å²) in [6.45, 7) is 1.95. The van der Waals surface area contributed by atoms with Crippen LogP contribution in [0.1, 0.15) is 26.5 Å². The quantitative estimate of drug-likeness (QED) is 0.314. The normalized spacial score (nSPS) is 10.1. The van der Waals surface area contributed by atoms with Crippen LogP contribution in [0, 0.1) is 18.8 Å². The van der Waals surface area contributed by atoms with Crippen molar-refractivity contribution in [2.24, 2.45) is 5.84 Å². The molecule has 1 amide bonds. The topological polar surface area (TPSA) is 68.0 Å². The number of nitrogens with one attached hydrogen (secondary N) is 1. The number of nitrogen functional groups attached to an aromatic ring is 1. The molecule has 0 unspecified atom stereocenters. The number of hydrazine groups is 1. The van der Waals surface area contributed by atoms with Crippen LogP contribution >= 0.6 is 11.3 Å². The Labute approximate surface area is 132 Å². The zero-order valence-electron chi connectivity index (χ0n) is 11.9. The number of thiazole rings is 1. The third-order valence-corrected chi connectivity index (χ3v) is 4.18. The number of nitrogens with two attached hydrogens (primary N) is 1. The smallest absolute Gasteiger partial charge is 0.265 e. The molecule has 3 aromatic rings. The summed E-state index contributed by atoms with van der Waals surface area (Å²) in [5.41, 5.74) is 5.35. The van der Waals surface area contributed by atoms with Crippen molar-refractivity contribution in [3.8, 4) is 11.8 Å². The van der Waals surface area contributed by atoms with E-state index in [0.29, 0.717) is 5.56 Å². The summed E-state index contributed by atoms with van der Waals surface area (Å²) in [5.74, 6) is 11.0. The lowest BCUT2D eigenvalue weighted by Gasteiger charge is -2.02. The highest BCUT2D eigenvalue weighted by Crippen LogP contribution is 2.20. The highest BCUT2D eigenvalue weighted by molar-refractivity contribution is 7.19. The standard InChI is InChI=1S/C17H13N3OS/c1-11-6-7-13(17(21)20-18)10-12(11)8-9-16-19-14-4-2-3-5-15(14)22-16/h2-7,10H,18H2,1H3,(H,20,21). The third kappa shape index (κ3) is 2.84. The Morgan fingerprint density at radius 1 is 1.23 bits per heavy atom. The van der Waals surface area contributed by atoms with E-state index in [1.54, 1.807) is 23.5 Å². The molecule has 0 fully saturated rings. The van der Waals surface area contributed by atoms with Crippen LogP contribution in [0.3, 0.4) is 0 Å². The van der Waals surface area contributed by atoms with Crippen molar-refractivity contribution in [3.63, 3.8) is 0 Å². The number of hydrogen-bond acceptors (Lipinski definition) is 4. The molecule has 0 atom stereocenters. The van der Waals surface area contributed by atoms with Crippen LogP contribution in [0.4, 0.5) is 0 Å². The molecule has 0 bridgehead atoms. The number of aromatic nitrogens is 1. The maximum Gasteiger partial charge on any atom is 0.265 e. The number of aryl methyl sites for hydroxylation is 1. The Kier molecular flexibility index (Phi) is 3.88. The molecule has 0 saturated heterocycles. The third-order valence-electron chi connectivity index (χ3n) is 3.23. The van der Waals surface area contributed by atoms with Crippen molar-refractivity contribution >= 4 is 27.5 Å². The molecule has 3 N–H and O–H groups in total. The van der Waals surface area contributed by atoms with Gasteiger partial charge in [-0.05, 0) is 42.7 Å². The van der Waals surface area contributed by atoms with Crippen molar-refractivity contribution in [3.05, 3.63) is 64.2 Å². The summed E-state index contributed by atoms with van der Waals surface area (Å²) >= 11 is 1.55. The Balaban J connectivity index is 1.97. The second-order valence-corrected chi connectivity index (χ2v) is 5.77. The lowest BCUT2D eigenvalue weighted by molar-refractivity contribution is 0.0953. The van der Waals surface area contributed by atoms with E-state index < -0.39 is 0 Å². The van der Waals surface area contributed by atoms with Crippen LogP contribution < -0.4 is 11.3 Å². The van der Waals surface area contributed by atoms with Crippen molar-refractivity contribution in [1.29, 1.82) is 0 Å². The van der Waals surface area contributed by atoms with E-state index in [1.807, 2.05) is 37.3 Å². The van der Waals surface area contributed by atoms with Gasteiger partial charge in [-0.3, -0.25) is 10.2 Å². The predicted molar refractivity (Wildman–Crippen MR) is 88.4 cm³/mol. The van der Waals surface area contributed by atoms with Gasteiger partial charge in [-0.1, -0.05) is 24.1 Å². The van der Waals surface area contributed by atoms with Crippen molar-refractivity contribution in [1.82, 2.24) is 10.4 Å². The molecule has 0 radical (unpaired) electrons. The Bertz CT molecular complexity index is 885. The highest BCUT2D eigenvalue weighted by atomic mass is 32.1. The molecule has 1 heterocycles. The summed E-state index contributed by atoms with van der Waals surface area (Å²) in [7, 11) is 0. The number of para-hydroxylation sites is 1. The number of nitrogens with zero attached hydrogens (tertiary/aromatic N) is 1. The van der Waals surface area contributed by atoms with E-state index in [2.05, 4.69) is 22.3 Å². The van der Waals surface area contributed by atoms with Gasteiger partial charge in [0.25, 0.3) is 5.91 Å². The first-order valence-electron chi connectivity index (χ1n) is 6.66. The average molecular weight is 307 g/mol. The first-order valence-corrected chi connectivity index (χ1v) is 7.48. The minimum atomic E-state index is -0.331. The summed E-state index contributed by atoms with van der Waals surface area (Å²) in [6, 6.07) is 13.2. The first kappa shape index (κ1) is 14.3. The molecule has 5 heteroatoms. The molecule has 1 aromatic heterocycles. The molecule has 3 rings (SSSR count). The molecule has 0 aliphatic rings. The van der Waals surface area contributed by atoms with Crippen molar-refractivity contribution in [2.45, 2.75) is 6.92 Å². The van der Waals surface area contributed by atoms with E-state index in [0.717, 1.165) is 26.4 Å². The lowest BCUT2D eigenvalue weighted by Crippen LogP contribution is -2.30. The number of carbonyl (C=O) groups excluding carboxylic acids is 1. The Hall–Kier alpha value is -2.68. The molecule has 0 aliphatic carbocycles.